The minimum atomic E-state index is -4.44. The zero-order valence-corrected chi connectivity index (χ0v) is 25.4. The van der Waals surface area contributed by atoms with Crippen LogP contribution in [0.25, 0.3) is 5.76 Å². The fraction of sp³-hybridized carbons (Fsp3) is 0.414. The van der Waals surface area contributed by atoms with Gasteiger partial charge in [-0.1, -0.05) is 37.1 Å². The van der Waals surface area contributed by atoms with Crippen LogP contribution in [0.4, 0.5) is 11.4 Å². The summed E-state index contributed by atoms with van der Waals surface area (Å²) in [6.45, 7) is 6.62. The second kappa shape index (κ2) is 10.2. The highest BCUT2D eigenvalue weighted by Gasteiger charge is 2.47. The Kier molecular flexibility index (Phi) is 7.25. The number of nitrogens with one attached hydrogen (secondary N) is 2. The topological polar surface area (TPSA) is 168 Å². The maximum atomic E-state index is 14.0. The van der Waals surface area contributed by atoms with Gasteiger partial charge >= 0.3 is 5.97 Å². The summed E-state index contributed by atoms with van der Waals surface area (Å²) in [6.07, 6.45) is 3.59. The van der Waals surface area contributed by atoms with Crippen LogP contribution in [-0.4, -0.2) is 50.9 Å². The van der Waals surface area contributed by atoms with Crippen molar-refractivity contribution in [3.8, 4) is 0 Å². The van der Waals surface area contributed by atoms with Crippen molar-refractivity contribution < 1.29 is 36.3 Å². The Bertz CT molecular complexity index is 1770. The Morgan fingerprint density at radius 3 is 2.55 bits per heavy atom. The van der Waals surface area contributed by atoms with Crippen LogP contribution in [0.3, 0.4) is 0 Å². The maximum absolute atomic E-state index is 14.0. The van der Waals surface area contributed by atoms with E-state index in [1.54, 1.807) is 45.0 Å². The normalized spacial score (nSPS) is 21.5. The highest BCUT2D eigenvalue weighted by molar-refractivity contribution is 7.93. The van der Waals surface area contributed by atoms with Crippen molar-refractivity contribution in [2.75, 3.05) is 15.8 Å². The third kappa shape index (κ3) is 5.93. The van der Waals surface area contributed by atoms with Crippen LogP contribution in [0, 0.1) is 5.92 Å². The van der Waals surface area contributed by atoms with E-state index in [9.17, 15) is 31.5 Å². The fourth-order valence-electron chi connectivity index (χ4n) is 5.25. The molecule has 11 nitrogen and oxygen atoms in total. The minimum absolute atomic E-state index is 0.0433. The molecule has 0 bridgehead atoms. The summed E-state index contributed by atoms with van der Waals surface area (Å²) in [7, 11) is -8.66. The molecule has 1 atom stereocenters. The summed E-state index contributed by atoms with van der Waals surface area (Å²) in [5.74, 6) is -2.49. The number of aliphatic hydroxyl groups is 1. The number of carbonyl (C=O) groups excluding carboxylic acids is 2. The quantitative estimate of drug-likeness (QED) is 0.367. The number of amidine groups is 1. The number of ketones is 1. The highest BCUT2D eigenvalue weighted by atomic mass is 32.2. The van der Waals surface area contributed by atoms with Gasteiger partial charge in [0.1, 0.15) is 21.8 Å². The number of hydrogen-bond acceptors (Lipinski definition) is 9. The molecule has 1 saturated carbocycles. The largest absolute Gasteiger partial charge is 0.506 e. The van der Waals surface area contributed by atoms with Gasteiger partial charge in [0.2, 0.25) is 10.0 Å². The summed E-state index contributed by atoms with van der Waals surface area (Å²) >= 11 is 0. The van der Waals surface area contributed by atoms with E-state index >= 15 is 0 Å². The molecule has 0 amide bonds. The third-order valence-electron chi connectivity index (χ3n) is 7.45. The van der Waals surface area contributed by atoms with E-state index < -0.39 is 48.6 Å². The molecule has 42 heavy (non-hydrogen) atoms. The number of anilines is 2. The van der Waals surface area contributed by atoms with Gasteiger partial charge in [0, 0.05) is 5.56 Å². The van der Waals surface area contributed by atoms with Crippen LogP contribution in [0.1, 0.15) is 64.5 Å². The van der Waals surface area contributed by atoms with E-state index in [2.05, 4.69) is 14.4 Å². The highest BCUT2D eigenvalue weighted by Crippen LogP contribution is 2.46. The van der Waals surface area contributed by atoms with Crippen molar-refractivity contribution in [2.24, 2.45) is 10.3 Å². The van der Waals surface area contributed by atoms with Crippen LogP contribution in [-0.2, 0) is 39.8 Å². The summed E-state index contributed by atoms with van der Waals surface area (Å²) in [4.78, 5) is 25.7. The summed E-state index contributed by atoms with van der Waals surface area (Å²) < 4.78 is 62.8. The van der Waals surface area contributed by atoms with E-state index in [0.29, 0.717) is 23.5 Å². The fourth-order valence-corrected chi connectivity index (χ4v) is 7.33. The molecule has 13 heteroatoms. The van der Waals surface area contributed by atoms with Gasteiger partial charge in [0.05, 0.1) is 16.8 Å². The number of aliphatic hydroxyl groups excluding tert-OH is 1. The van der Waals surface area contributed by atoms with Gasteiger partial charge in [-0.15, -0.1) is 4.40 Å². The zero-order valence-electron chi connectivity index (χ0n) is 23.7. The molecule has 0 aromatic heterocycles. The zero-order chi connectivity index (χ0) is 30.7. The van der Waals surface area contributed by atoms with Crippen LogP contribution in [0.15, 0.2) is 57.3 Å². The maximum Gasteiger partial charge on any atom is 0.323 e. The van der Waals surface area contributed by atoms with E-state index in [-0.39, 0.29) is 33.4 Å². The monoisotopic (exact) mass is 615 g/mol. The average Bonchev–Trinajstić information content (AvgIpc) is 3.69. The number of Topliss-reactive ketones (excluding diaryl/α,β-unsaturated/α-hetero) is 1. The van der Waals surface area contributed by atoms with Crippen LogP contribution < -0.4 is 10.0 Å². The molecule has 3 N–H and O–H groups in total. The Balaban J connectivity index is 1.46. The van der Waals surface area contributed by atoms with E-state index in [4.69, 9.17) is 4.74 Å². The van der Waals surface area contributed by atoms with Crippen molar-refractivity contribution in [3.05, 3.63) is 59.2 Å². The lowest BCUT2D eigenvalue weighted by Crippen LogP contribution is -2.42. The van der Waals surface area contributed by atoms with Gasteiger partial charge in [0.25, 0.3) is 10.0 Å². The molecule has 0 radical (unpaired) electrons. The number of ether oxygens (including phenoxy) is 1. The molecule has 1 heterocycles. The predicted molar refractivity (Wildman–Crippen MR) is 158 cm³/mol. The van der Waals surface area contributed by atoms with Crippen molar-refractivity contribution in [1.82, 2.24) is 0 Å². The molecule has 2 aromatic carbocycles. The van der Waals surface area contributed by atoms with Crippen LogP contribution >= 0.6 is 0 Å². The molecule has 5 rings (SSSR count). The van der Waals surface area contributed by atoms with Crippen molar-refractivity contribution in [3.63, 3.8) is 0 Å². The number of esters is 1. The smallest absolute Gasteiger partial charge is 0.323 e. The first-order valence-electron chi connectivity index (χ1n) is 13.6. The molecule has 2 aliphatic carbocycles. The Morgan fingerprint density at radius 1 is 1.19 bits per heavy atom. The van der Waals surface area contributed by atoms with E-state index in [0.717, 1.165) is 25.3 Å². The van der Waals surface area contributed by atoms with Crippen molar-refractivity contribution >= 4 is 54.8 Å². The molecule has 224 valence electrons. The lowest BCUT2D eigenvalue weighted by Gasteiger charge is -2.36. The van der Waals surface area contributed by atoms with Crippen LogP contribution in [0.2, 0.25) is 0 Å². The molecule has 0 spiro atoms. The number of nitrogens with zero attached hydrogens (tertiary/aromatic N) is 1. The summed E-state index contributed by atoms with van der Waals surface area (Å²) in [5, 5.41) is 14.1. The van der Waals surface area contributed by atoms with Gasteiger partial charge in [-0.25, -0.2) is 8.42 Å². The number of rotatable bonds is 8. The first kappa shape index (κ1) is 29.8. The second-order valence-electron chi connectivity index (χ2n) is 12.1. The lowest BCUT2D eigenvalue weighted by atomic mass is 9.67. The molecule has 3 aliphatic rings. The average molecular weight is 616 g/mol. The molecular formula is C29H33N3O8S2. The van der Waals surface area contributed by atoms with Gasteiger partial charge in [-0.2, -0.15) is 8.42 Å². The molecule has 0 saturated heterocycles. The molecular weight excluding hydrogens is 582 g/mol. The predicted octanol–water partition coefficient (Wildman–Crippen LogP) is 4.28. The van der Waals surface area contributed by atoms with Crippen molar-refractivity contribution in [1.29, 1.82) is 0 Å². The standard InChI is InChI=1S/C29H33N3O8S2/c1-28(2,3)40-23(33)16-41(36,37)31-18-11-12-21-22(15-18)42(38,39)32-27(30-21)24-25(34)19-7-5-6-8-20(19)29(4,26(24)35)14-13-17-9-10-17/h5-8,11-12,15,17,31,34H,9-10,13-14,16H2,1-4H3,(H,30,32). The number of fused-ring (bicyclic) bond motifs is 2. The molecule has 1 unspecified atom stereocenters. The lowest BCUT2D eigenvalue weighted by molar-refractivity contribution is -0.151. The second-order valence-corrected chi connectivity index (χ2v) is 15.4. The number of carbonyl (C=O) groups is 2. The summed E-state index contributed by atoms with van der Waals surface area (Å²) in [5.41, 5.74) is -1.05. The SMILES string of the molecule is CC(C)(C)OC(=O)CS(=O)(=O)Nc1ccc2c(c1)S(=O)(=O)N=C(C1=C(O)c3ccccc3C(C)(CCC3CC3)C1=O)N2. The number of hydrogen-bond donors (Lipinski definition) is 3. The van der Waals surface area contributed by atoms with E-state index in [1.807, 2.05) is 6.92 Å². The third-order valence-corrected chi connectivity index (χ3v) is 9.93. The van der Waals surface area contributed by atoms with Gasteiger partial charge in [0.15, 0.2) is 17.4 Å². The van der Waals surface area contributed by atoms with E-state index in [1.165, 1.54) is 12.1 Å². The van der Waals surface area contributed by atoms with Crippen LogP contribution in [0.5, 0.6) is 0 Å². The molecule has 1 fully saturated rings. The van der Waals surface area contributed by atoms with Crippen molar-refractivity contribution in [2.45, 2.75) is 69.3 Å². The first-order valence-corrected chi connectivity index (χ1v) is 16.6. The van der Waals surface area contributed by atoms with Gasteiger partial charge < -0.3 is 15.2 Å². The molecule has 2 aromatic rings. The first-order chi connectivity index (χ1) is 19.5. The number of sulfonamides is 2. The Morgan fingerprint density at radius 2 is 1.88 bits per heavy atom. The Labute approximate surface area is 245 Å². The number of benzene rings is 2. The Hall–Kier alpha value is -3.71. The van der Waals surface area contributed by atoms with Gasteiger partial charge in [-0.05, 0) is 70.2 Å². The molecule has 1 aliphatic heterocycles. The summed E-state index contributed by atoms with van der Waals surface area (Å²) in [6, 6.07) is 10.7. The van der Waals surface area contributed by atoms with Gasteiger partial charge in [-0.3, -0.25) is 14.3 Å². The minimum Gasteiger partial charge on any atom is -0.506 e.